The van der Waals surface area contributed by atoms with Gasteiger partial charge >= 0.3 is 6.03 Å². The fourth-order valence-corrected chi connectivity index (χ4v) is 5.73. The summed E-state index contributed by atoms with van der Waals surface area (Å²) in [4.78, 5) is 47.1. The summed E-state index contributed by atoms with van der Waals surface area (Å²) in [6, 6.07) is 18.1. The monoisotopic (exact) mass is 526 g/mol. The maximum absolute atomic E-state index is 14.1. The number of aromatic amines is 1. The van der Waals surface area contributed by atoms with Crippen molar-refractivity contribution in [3.8, 4) is 5.75 Å². The molecule has 1 saturated heterocycles. The average Bonchev–Trinajstić information content (AvgIpc) is 3.42. The number of H-pyrrole nitrogens is 1. The van der Waals surface area contributed by atoms with Crippen LogP contribution in [0, 0.1) is 5.82 Å². The lowest BCUT2D eigenvalue weighted by molar-refractivity contribution is -0.125. The molecule has 4 amide bonds. The van der Waals surface area contributed by atoms with Crippen molar-refractivity contribution in [1.29, 1.82) is 0 Å². The Hall–Kier alpha value is -4.66. The minimum atomic E-state index is -1.26. The van der Waals surface area contributed by atoms with Gasteiger partial charge in [-0.3, -0.25) is 9.59 Å². The van der Waals surface area contributed by atoms with Crippen molar-refractivity contribution < 1.29 is 23.5 Å². The summed E-state index contributed by atoms with van der Waals surface area (Å²) in [5, 5.41) is 3.76. The van der Waals surface area contributed by atoms with Gasteiger partial charge in [-0.15, -0.1) is 0 Å². The Morgan fingerprint density at radius 3 is 2.67 bits per heavy atom. The van der Waals surface area contributed by atoms with E-state index < -0.39 is 23.4 Å². The lowest BCUT2D eigenvalue weighted by Crippen LogP contribution is -2.49. The average molecular weight is 527 g/mol. The van der Waals surface area contributed by atoms with Crippen LogP contribution in [0.2, 0.25) is 0 Å². The van der Waals surface area contributed by atoms with Crippen molar-refractivity contribution >= 4 is 34.4 Å². The zero-order valence-corrected chi connectivity index (χ0v) is 21.6. The third kappa shape index (κ3) is 3.76. The van der Waals surface area contributed by atoms with E-state index in [1.54, 1.807) is 61.4 Å². The van der Waals surface area contributed by atoms with Gasteiger partial charge in [-0.1, -0.05) is 30.3 Å². The molecule has 0 aliphatic carbocycles. The van der Waals surface area contributed by atoms with Gasteiger partial charge in [-0.2, -0.15) is 0 Å². The number of amides is 4. The highest BCUT2D eigenvalue weighted by Crippen LogP contribution is 2.46. The van der Waals surface area contributed by atoms with E-state index in [1.807, 2.05) is 18.2 Å². The number of rotatable bonds is 6. The van der Waals surface area contributed by atoms with E-state index in [9.17, 15) is 18.8 Å². The molecule has 198 valence electrons. The van der Waals surface area contributed by atoms with Crippen molar-refractivity contribution in [2.75, 3.05) is 25.1 Å². The van der Waals surface area contributed by atoms with Gasteiger partial charge in [0.1, 0.15) is 11.6 Å². The first-order valence-corrected chi connectivity index (χ1v) is 12.8. The molecule has 2 aliphatic rings. The first-order chi connectivity index (χ1) is 18.8. The van der Waals surface area contributed by atoms with E-state index in [2.05, 4.69) is 10.3 Å². The maximum Gasteiger partial charge on any atom is 0.332 e. The zero-order chi connectivity index (χ0) is 27.3. The van der Waals surface area contributed by atoms with Gasteiger partial charge < -0.3 is 19.9 Å². The lowest BCUT2D eigenvalue weighted by atomic mass is 9.87. The molecule has 3 heterocycles. The summed E-state index contributed by atoms with van der Waals surface area (Å²) >= 11 is 0. The predicted octanol–water partition coefficient (Wildman–Crippen LogP) is 4.53. The molecule has 0 unspecified atom stereocenters. The summed E-state index contributed by atoms with van der Waals surface area (Å²) in [6.45, 7) is 2.29. The molecule has 4 aromatic rings. The number of fused-ring (bicyclic) bond motifs is 5. The molecule has 2 aliphatic heterocycles. The van der Waals surface area contributed by atoms with Crippen LogP contribution in [0.15, 0.2) is 66.7 Å². The highest BCUT2D eigenvalue weighted by atomic mass is 19.1. The molecular formula is C30H27FN4O4. The van der Waals surface area contributed by atoms with Crippen LogP contribution >= 0.6 is 0 Å². The van der Waals surface area contributed by atoms with Crippen molar-refractivity contribution in [3.05, 3.63) is 94.9 Å². The number of hydrogen-bond acceptors (Lipinski definition) is 4. The number of carbonyl (C=O) groups excluding carboxylic acids is 3. The quantitative estimate of drug-likeness (QED) is 0.361. The number of methoxy groups -OCH3 is 1. The van der Waals surface area contributed by atoms with Crippen LogP contribution in [0.25, 0.3) is 10.9 Å². The SMILES string of the molecule is COc1ccc2[nH]c3c(c2c1)CCN1C(=O)N(c2ccccc2C(=O)NCCc2ccccc2F)C(=O)[C@]31C. The standard InChI is InChI=1S/C30H27FN4O4/c1-30-26-20(22-17-19(39-2)11-12-24(22)33-26)14-16-34(30)29(38)35(28(30)37)25-10-6-4-8-21(25)27(36)32-15-13-18-7-3-5-9-23(18)31/h3-12,17,33H,13-16H2,1-2H3,(H,32,36)/t30-/m0/s1. The van der Waals surface area contributed by atoms with Crippen molar-refractivity contribution in [1.82, 2.24) is 15.2 Å². The van der Waals surface area contributed by atoms with Crippen molar-refractivity contribution in [3.63, 3.8) is 0 Å². The normalized spacial score (nSPS) is 18.3. The molecule has 0 bridgehead atoms. The highest BCUT2D eigenvalue weighted by molar-refractivity contribution is 6.25. The summed E-state index contributed by atoms with van der Waals surface area (Å²) in [6.07, 6.45) is 0.880. The van der Waals surface area contributed by atoms with Crippen molar-refractivity contribution in [2.24, 2.45) is 0 Å². The van der Waals surface area contributed by atoms with E-state index in [0.717, 1.165) is 21.4 Å². The van der Waals surface area contributed by atoms with Gasteiger partial charge in [0, 0.05) is 24.0 Å². The second-order valence-corrected chi connectivity index (χ2v) is 9.90. The van der Waals surface area contributed by atoms with Gasteiger partial charge in [0.15, 0.2) is 5.54 Å². The molecule has 3 aromatic carbocycles. The van der Waals surface area contributed by atoms with Crippen LogP contribution in [0.3, 0.4) is 0 Å². The van der Waals surface area contributed by atoms with Crippen LogP contribution in [-0.2, 0) is 23.2 Å². The Morgan fingerprint density at radius 2 is 1.87 bits per heavy atom. The van der Waals surface area contributed by atoms with E-state index in [-0.39, 0.29) is 23.6 Å². The topological polar surface area (TPSA) is 94.7 Å². The molecule has 0 saturated carbocycles. The maximum atomic E-state index is 14.1. The summed E-state index contributed by atoms with van der Waals surface area (Å²) in [5.74, 6) is -0.503. The smallest absolute Gasteiger partial charge is 0.332 e. The third-order valence-corrected chi connectivity index (χ3v) is 7.79. The van der Waals surface area contributed by atoms with Gasteiger partial charge in [0.05, 0.1) is 24.1 Å². The zero-order valence-electron chi connectivity index (χ0n) is 21.6. The molecular weight excluding hydrogens is 499 g/mol. The molecule has 2 N–H and O–H groups in total. The molecule has 0 radical (unpaired) electrons. The van der Waals surface area contributed by atoms with E-state index in [1.165, 1.54) is 6.07 Å². The molecule has 1 fully saturated rings. The second-order valence-electron chi connectivity index (χ2n) is 9.90. The second kappa shape index (κ2) is 9.27. The van der Waals surface area contributed by atoms with Crippen LogP contribution in [0.4, 0.5) is 14.9 Å². The van der Waals surface area contributed by atoms with Crippen molar-refractivity contribution in [2.45, 2.75) is 25.3 Å². The molecule has 9 heteroatoms. The first kappa shape index (κ1) is 24.7. The number of imide groups is 1. The molecule has 39 heavy (non-hydrogen) atoms. The minimum Gasteiger partial charge on any atom is -0.497 e. The third-order valence-electron chi connectivity index (χ3n) is 7.79. The Bertz CT molecular complexity index is 1650. The number of benzene rings is 3. The molecule has 1 aromatic heterocycles. The van der Waals surface area contributed by atoms with Gasteiger partial charge in [-0.25, -0.2) is 14.1 Å². The fourth-order valence-electron chi connectivity index (χ4n) is 5.73. The molecule has 0 spiro atoms. The van der Waals surface area contributed by atoms with E-state index >= 15 is 0 Å². The number of urea groups is 1. The van der Waals surface area contributed by atoms with Gasteiger partial charge in [0.25, 0.3) is 11.8 Å². The van der Waals surface area contributed by atoms with Gasteiger partial charge in [-0.05, 0) is 67.3 Å². The van der Waals surface area contributed by atoms with E-state index in [4.69, 9.17) is 4.74 Å². The molecule has 6 rings (SSSR count). The number of hydrogen-bond donors (Lipinski definition) is 2. The predicted molar refractivity (Wildman–Crippen MR) is 144 cm³/mol. The van der Waals surface area contributed by atoms with Gasteiger partial charge in [0.2, 0.25) is 0 Å². The Balaban J connectivity index is 1.32. The number of halogens is 1. The lowest BCUT2D eigenvalue weighted by Gasteiger charge is -2.35. The Labute approximate surface area is 224 Å². The molecule has 1 atom stereocenters. The first-order valence-electron chi connectivity index (χ1n) is 12.8. The minimum absolute atomic E-state index is 0.192. The summed E-state index contributed by atoms with van der Waals surface area (Å²) < 4.78 is 19.4. The number of anilines is 1. The van der Waals surface area contributed by atoms with Crippen LogP contribution in [-0.4, -0.2) is 47.9 Å². The molecule has 8 nitrogen and oxygen atoms in total. The Kier molecular flexibility index (Phi) is 5.86. The summed E-state index contributed by atoms with van der Waals surface area (Å²) in [5.41, 5.74) is 2.15. The number of aromatic nitrogens is 1. The van der Waals surface area contributed by atoms with Crippen LogP contribution in [0.1, 0.15) is 34.1 Å². The highest BCUT2D eigenvalue weighted by Gasteiger charge is 2.59. The van der Waals surface area contributed by atoms with Crippen LogP contribution < -0.4 is 15.0 Å². The number of ether oxygens (including phenoxy) is 1. The Morgan fingerprint density at radius 1 is 1.10 bits per heavy atom. The number of nitrogens with one attached hydrogen (secondary N) is 2. The fraction of sp³-hybridized carbons (Fsp3) is 0.233. The number of carbonyl (C=O) groups is 3. The number of para-hydroxylation sites is 1. The largest absolute Gasteiger partial charge is 0.497 e. The van der Waals surface area contributed by atoms with Crippen LogP contribution in [0.5, 0.6) is 5.75 Å². The van der Waals surface area contributed by atoms with E-state index in [0.29, 0.717) is 36.4 Å². The number of nitrogens with zero attached hydrogens (tertiary/aromatic N) is 2. The summed E-state index contributed by atoms with van der Waals surface area (Å²) in [7, 11) is 1.61.